The molecule has 3 heterocycles. The van der Waals surface area contributed by atoms with Crippen molar-refractivity contribution in [2.24, 2.45) is 0 Å². The summed E-state index contributed by atoms with van der Waals surface area (Å²) >= 11 is 1.63. The Kier molecular flexibility index (Phi) is 6.03. The van der Waals surface area contributed by atoms with Crippen molar-refractivity contribution in [3.05, 3.63) is 70.0 Å². The summed E-state index contributed by atoms with van der Waals surface area (Å²) in [7, 11) is -3.23. The molecule has 0 saturated carbocycles. The normalized spacial score (nSPS) is 19.3. The monoisotopic (exact) mass is 469 g/mol. The SMILES string of the molecule is CCS(=O)(=O)N1CCc2cc(-c3csc(C4CN(Cc5ccccc5)CCO4)n3)ccc21. The molecule has 2 aliphatic rings. The number of hydrogen-bond acceptors (Lipinski definition) is 6. The molecule has 2 aromatic carbocycles. The zero-order valence-corrected chi connectivity index (χ0v) is 19.7. The van der Waals surface area contributed by atoms with Crippen molar-refractivity contribution in [3.8, 4) is 11.3 Å². The Morgan fingerprint density at radius 2 is 2.00 bits per heavy atom. The Morgan fingerprint density at radius 1 is 1.16 bits per heavy atom. The van der Waals surface area contributed by atoms with Gasteiger partial charge in [-0.1, -0.05) is 36.4 Å². The van der Waals surface area contributed by atoms with Gasteiger partial charge in [0.1, 0.15) is 11.1 Å². The summed E-state index contributed by atoms with van der Waals surface area (Å²) in [5, 5.41) is 3.07. The van der Waals surface area contributed by atoms with Crippen molar-refractivity contribution in [2.75, 3.05) is 36.3 Å². The van der Waals surface area contributed by atoms with Crippen LogP contribution in [0.2, 0.25) is 0 Å². The highest BCUT2D eigenvalue weighted by Gasteiger charge is 2.29. The summed E-state index contributed by atoms with van der Waals surface area (Å²) in [5.74, 6) is 0.117. The number of anilines is 1. The van der Waals surface area contributed by atoms with Crippen LogP contribution < -0.4 is 4.31 Å². The molecule has 3 aromatic rings. The molecule has 1 unspecified atom stereocenters. The number of ether oxygens (including phenoxy) is 1. The standard InChI is InChI=1S/C24H27N3O3S2/c1-2-32(28,29)27-11-10-20-14-19(8-9-22(20)27)21-17-31-24(25-21)23-16-26(12-13-30-23)15-18-6-4-3-5-7-18/h3-9,14,17,23H,2,10-13,15-16H2,1H3. The van der Waals surface area contributed by atoms with Gasteiger partial charge in [0.2, 0.25) is 10.0 Å². The summed E-state index contributed by atoms with van der Waals surface area (Å²) in [6.45, 7) is 5.58. The maximum Gasteiger partial charge on any atom is 0.234 e. The third-order valence-corrected chi connectivity index (χ3v) is 8.84. The first-order valence-corrected chi connectivity index (χ1v) is 13.5. The fourth-order valence-electron chi connectivity index (χ4n) is 4.38. The largest absolute Gasteiger partial charge is 0.368 e. The van der Waals surface area contributed by atoms with Crippen molar-refractivity contribution < 1.29 is 13.2 Å². The highest BCUT2D eigenvalue weighted by atomic mass is 32.2. The van der Waals surface area contributed by atoms with Gasteiger partial charge >= 0.3 is 0 Å². The molecular weight excluding hydrogens is 442 g/mol. The number of aromatic nitrogens is 1. The van der Waals surface area contributed by atoms with E-state index in [9.17, 15) is 8.42 Å². The molecule has 32 heavy (non-hydrogen) atoms. The van der Waals surface area contributed by atoms with Crippen LogP contribution in [-0.4, -0.2) is 50.3 Å². The minimum absolute atomic E-state index is 0.0224. The average Bonchev–Trinajstić information content (AvgIpc) is 3.47. The molecule has 0 amide bonds. The Balaban J connectivity index is 1.31. The van der Waals surface area contributed by atoms with Gasteiger partial charge in [0.25, 0.3) is 0 Å². The lowest BCUT2D eigenvalue weighted by Crippen LogP contribution is -2.37. The molecule has 8 heteroatoms. The van der Waals surface area contributed by atoms with Crippen LogP contribution in [0.5, 0.6) is 0 Å². The van der Waals surface area contributed by atoms with Crippen LogP contribution >= 0.6 is 11.3 Å². The molecule has 1 saturated heterocycles. The molecule has 2 aliphatic heterocycles. The summed E-state index contributed by atoms with van der Waals surface area (Å²) in [4.78, 5) is 7.31. The zero-order valence-electron chi connectivity index (χ0n) is 18.1. The number of rotatable bonds is 6. The minimum atomic E-state index is -3.23. The third-order valence-electron chi connectivity index (χ3n) is 6.13. The maximum absolute atomic E-state index is 12.3. The lowest BCUT2D eigenvalue weighted by atomic mass is 10.1. The van der Waals surface area contributed by atoms with Crippen LogP contribution in [0.3, 0.4) is 0 Å². The van der Waals surface area contributed by atoms with Crippen LogP contribution in [-0.2, 0) is 27.7 Å². The van der Waals surface area contributed by atoms with Crippen LogP contribution in [0.4, 0.5) is 5.69 Å². The van der Waals surface area contributed by atoms with E-state index in [1.165, 1.54) is 9.87 Å². The molecule has 6 nitrogen and oxygen atoms in total. The highest BCUT2D eigenvalue weighted by Crippen LogP contribution is 2.35. The van der Waals surface area contributed by atoms with Gasteiger partial charge in [-0.3, -0.25) is 9.21 Å². The first-order chi connectivity index (χ1) is 15.5. The number of hydrogen-bond donors (Lipinski definition) is 0. The van der Waals surface area contributed by atoms with Gasteiger partial charge in [-0.15, -0.1) is 11.3 Å². The van der Waals surface area contributed by atoms with E-state index in [2.05, 4.69) is 40.6 Å². The lowest BCUT2D eigenvalue weighted by Gasteiger charge is -2.32. The van der Waals surface area contributed by atoms with E-state index >= 15 is 0 Å². The second-order valence-electron chi connectivity index (χ2n) is 8.22. The third kappa shape index (κ3) is 4.32. The van der Waals surface area contributed by atoms with Gasteiger partial charge in [0, 0.05) is 37.1 Å². The number of sulfonamides is 1. The number of thiazole rings is 1. The van der Waals surface area contributed by atoms with Crippen molar-refractivity contribution in [3.63, 3.8) is 0 Å². The minimum Gasteiger partial charge on any atom is -0.368 e. The second-order valence-corrected chi connectivity index (χ2v) is 11.3. The van der Waals surface area contributed by atoms with Crippen molar-refractivity contribution in [1.82, 2.24) is 9.88 Å². The molecule has 1 fully saturated rings. The Hall–Kier alpha value is -2.26. The molecular formula is C24H27N3O3S2. The van der Waals surface area contributed by atoms with Gasteiger partial charge in [0.15, 0.2) is 0 Å². The first kappa shape index (κ1) is 21.6. The van der Waals surface area contributed by atoms with Crippen LogP contribution in [0.15, 0.2) is 53.9 Å². The Bertz CT molecular complexity index is 1190. The van der Waals surface area contributed by atoms with Gasteiger partial charge in [-0.05, 0) is 36.6 Å². The smallest absolute Gasteiger partial charge is 0.234 e. The van der Waals surface area contributed by atoms with E-state index < -0.39 is 10.0 Å². The maximum atomic E-state index is 12.3. The number of nitrogens with zero attached hydrogens (tertiary/aromatic N) is 3. The van der Waals surface area contributed by atoms with E-state index in [-0.39, 0.29) is 11.9 Å². The van der Waals surface area contributed by atoms with Crippen molar-refractivity contribution >= 4 is 27.0 Å². The quantitative estimate of drug-likeness (QED) is 0.544. The molecule has 0 N–H and O–H groups in total. The highest BCUT2D eigenvalue weighted by molar-refractivity contribution is 7.92. The first-order valence-electron chi connectivity index (χ1n) is 11.0. The van der Waals surface area contributed by atoms with E-state index in [1.807, 2.05) is 18.2 Å². The van der Waals surface area contributed by atoms with Crippen LogP contribution in [0.25, 0.3) is 11.3 Å². The summed E-state index contributed by atoms with van der Waals surface area (Å²) in [6, 6.07) is 16.5. The second kappa shape index (κ2) is 8.94. The summed E-state index contributed by atoms with van der Waals surface area (Å²) < 4.78 is 32.3. The number of benzene rings is 2. The van der Waals surface area contributed by atoms with Crippen LogP contribution in [0.1, 0.15) is 29.2 Å². The topological polar surface area (TPSA) is 62.7 Å². The molecule has 168 valence electrons. The molecule has 0 spiro atoms. The predicted octanol–water partition coefficient (Wildman–Crippen LogP) is 4.10. The fraction of sp³-hybridized carbons (Fsp3) is 0.375. The fourth-order valence-corrected chi connectivity index (χ4v) is 6.41. The number of fused-ring (bicyclic) bond motifs is 1. The van der Waals surface area contributed by atoms with Gasteiger partial charge in [0.05, 0.1) is 23.7 Å². The molecule has 1 aromatic heterocycles. The van der Waals surface area contributed by atoms with E-state index in [4.69, 9.17) is 9.72 Å². The van der Waals surface area contributed by atoms with E-state index in [1.54, 1.807) is 18.3 Å². The van der Waals surface area contributed by atoms with Crippen LogP contribution in [0, 0.1) is 0 Å². The predicted molar refractivity (Wildman–Crippen MR) is 128 cm³/mol. The number of morpholine rings is 1. The average molecular weight is 470 g/mol. The lowest BCUT2D eigenvalue weighted by molar-refractivity contribution is -0.0329. The molecule has 0 bridgehead atoms. The zero-order chi connectivity index (χ0) is 22.1. The van der Waals surface area contributed by atoms with E-state index in [0.717, 1.165) is 53.6 Å². The summed E-state index contributed by atoms with van der Waals surface area (Å²) in [6.07, 6.45) is 0.713. The van der Waals surface area contributed by atoms with Gasteiger partial charge in [-0.25, -0.2) is 13.4 Å². The van der Waals surface area contributed by atoms with Crippen molar-refractivity contribution in [1.29, 1.82) is 0 Å². The van der Waals surface area contributed by atoms with Crippen molar-refractivity contribution in [2.45, 2.75) is 26.0 Å². The van der Waals surface area contributed by atoms with Gasteiger partial charge in [-0.2, -0.15) is 0 Å². The Labute approximate surface area is 193 Å². The molecule has 1 atom stereocenters. The summed E-state index contributed by atoms with van der Waals surface area (Å²) in [5.41, 5.74) is 5.13. The molecule has 0 aliphatic carbocycles. The van der Waals surface area contributed by atoms with Gasteiger partial charge < -0.3 is 4.74 Å². The molecule has 0 radical (unpaired) electrons. The molecule has 5 rings (SSSR count). The Morgan fingerprint density at radius 3 is 2.81 bits per heavy atom. The van der Waals surface area contributed by atoms with E-state index in [0.29, 0.717) is 13.2 Å².